The molecule has 1 aromatic heterocycles. The zero-order valence-corrected chi connectivity index (χ0v) is 10.8. The van der Waals surface area contributed by atoms with Crippen molar-refractivity contribution in [3.8, 4) is 0 Å². The Morgan fingerprint density at radius 2 is 2.00 bits per heavy atom. The Bertz CT molecular complexity index is 639. The van der Waals surface area contributed by atoms with E-state index in [0.29, 0.717) is 11.5 Å². The molecule has 0 fully saturated rings. The van der Waals surface area contributed by atoms with Gasteiger partial charge in [-0.3, -0.25) is 0 Å². The highest BCUT2D eigenvalue weighted by Crippen LogP contribution is 2.22. The smallest absolute Gasteiger partial charge is 0.335 e. The highest BCUT2D eigenvalue weighted by Gasteiger charge is 2.07. The van der Waals surface area contributed by atoms with Crippen LogP contribution < -0.4 is 11.1 Å². The van der Waals surface area contributed by atoms with Crippen molar-refractivity contribution >= 4 is 23.2 Å². The molecule has 4 N–H and O–H groups in total. The number of nitrogen functional groups attached to an aromatic ring is 1. The lowest BCUT2D eigenvalue weighted by atomic mass is 10.1. The third kappa shape index (κ3) is 2.82. The number of anilines is 3. The molecule has 0 saturated heterocycles. The van der Waals surface area contributed by atoms with Gasteiger partial charge in [-0.15, -0.1) is 0 Å². The van der Waals surface area contributed by atoms with Crippen LogP contribution in [0.2, 0.25) is 0 Å². The molecule has 0 bridgehead atoms. The number of aromatic nitrogens is 1. The molecule has 1 heterocycles. The van der Waals surface area contributed by atoms with Crippen LogP contribution in [-0.4, -0.2) is 16.1 Å². The molecule has 5 nitrogen and oxygen atoms in total. The SMILES string of the molecule is Cc1cc(Nc2cc(C(=O)O)ccc2C)ncc1N. The molecule has 0 aliphatic rings. The third-order valence-corrected chi connectivity index (χ3v) is 2.90. The number of carbonyl (C=O) groups is 1. The molecule has 0 unspecified atom stereocenters. The number of pyridine rings is 1. The van der Waals surface area contributed by atoms with Gasteiger partial charge in [-0.05, 0) is 43.2 Å². The first kappa shape index (κ1) is 12.9. The summed E-state index contributed by atoms with van der Waals surface area (Å²) in [6.45, 7) is 3.79. The van der Waals surface area contributed by atoms with Crippen LogP contribution >= 0.6 is 0 Å². The first-order valence-electron chi connectivity index (χ1n) is 5.80. The van der Waals surface area contributed by atoms with E-state index < -0.39 is 5.97 Å². The summed E-state index contributed by atoms with van der Waals surface area (Å²) in [4.78, 5) is 15.1. The molecule has 2 rings (SSSR count). The molecule has 0 spiro atoms. The average Bonchev–Trinajstić information content (AvgIpc) is 2.36. The molecular formula is C14H15N3O2. The molecule has 5 heteroatoms. The first-order valence-corrected chi connectivity index (χ1v) is 5.80. The number of carboxylic acid groups (broad SMARTS) is 1. The second kappa shape index (κ2) is 4.97. The second-order valence-electron chi connectivity index (χ2n) is 4.39. The Kier molecular flexibility index (Phi) is 3.37. The predicted molar refractivity (Wildman–Crippen MR) is 74.8 cm³/mol. The highest BCUT2D eigenvalue weighted by atomic mass is 16.4. The van der Waals surface area contributed by atoms with E-state index in [4.69, 9.17) is 10.8 Å². The summed E-state index contributed by atoms with van der Waals surface area (Å²) in [5, 5.41) is 12.1. The van der Waals surface area contributed by atoms with E-state index in [1.54, 1.807) is 24.4 Å². The summed E-state index contributed by atoms with van der Waals surface area (Å²) in [6, 6.07) is 6.74. The summed E-state index contributed by atoms with van der Waals surface area (Å²) in [5.41, 5.74) is 9.16. The molecule has 1 aromatic carbocycles. The van der Waals surface area contributed by atoms with Crippen LogP contribution in [0.4, 0.5) is 17.2 Å². The topological polar surface area (TPSA) is 88.2 Å². The van der Waals surface area contributed by atoms with Gasteiger partial charge in [0.05, 0.1) is 17.4 Å². The van der Waals surface area contributed by atoms with Crippen molar-refractivity contribution in [1.29, 1.82) is 0 Å². The Hall–Kier alpha value is -2.56. The van der Waals surface area contributed by atoms with E-state index in [2.05, 4.69) is 10.3 Å². The Balaban J connectivity index is 2.34. The maximum atomic E-state index is 11.0. The first-order chi connectivity index (χ1) is 8.97. The molecule has 0 aliphatic heterocycles. The number of nitrogens with one attached hydrogen (secondary N) is 1. The molecule has 0 amide bonds. The third-order valence-electron chi connectivity index (χ3n) is 2.90. The lowest BCUT2D eigenvalue weighted by molar-refractivity contribution is 0.0697. The van der Waals surface area contributed by atoms with Gasteiger partial charge in [0.1, 0.15) is 5.82 Å². The number of carboxylic acids is 1. The highest BCUT2D eigenvalue weighted by molar-refractivity contribution is 5.89. The van der Waals surface area contributed by atoms with Crippen molar-refractivity contribution in [3.05, 3.63) is 47.2 Å². The number of aryl methyl sites for hydroxylation is 2. The van der Waals surface area contributed by atoms with Gasteiger partial charge in [0.15, 0.2) is 0 Å². The average molecular weight is 257 g/mol. The zero-order chi connectivity index (χ0) is 14.0. The predicted octanol–water partition coefficient (Wildman–Crippen LogP) is 2.72. The van der Waals surface area contributed by atoms with Crippen molar-refractivity contribution in [2.75, 3.05) is 11.1 Å². The van der Waals surface area contributed by atoms with Gasteiger partial charge < -0.3 is 16.2 Å². The van der Waals surface area contributed by atoms with Crippen molar-refractivity contribution in [2.24, 2.45) is 0 Å². The van der Waals surface area contributed by atoms with Crippen LogP contribution in [0, 0.1) is 13.8 Å². The summed E-state index contributed by atoms with van der Waals surface area (Å²) < 4.78 is 0. The maximum absolute atomic E-state index is 11.0. The largest absolute Gasteiger partial charge is 0.478 e. The molecule has 19 heavy (non-hydrogen) atoms. The lowest BCUT2D eigenvalue weighted by Gasteiger charge is -2.11. The van der Waals surface area contributed by atoms with Crippen LogP contribution in [0.1, 0.15) is 21.5 Å². The summed E-state index contributed by atoms with van der Waals surface area (Å²) in [7, 11) is 0. The van der Waals surface area contributed by atoms with E-state index in [9.17, 15) is 4.79 Å². The monoisotopic (exact) mass is 257 g/mol. The fraction of sp³-hybridized carbons (Fsp3) is 0.143. The Morgan fingerprint density at radius 3 is 2.63 bits per heavy atom. The molecule has 98 valence electrons. The number of nitrogens with zero attached hydrogens (tertiary/aromatic N) is 1. The fourth-order valence-corrected chi connectivity index (χ4v) is 1.66. The minimum Gasteiger partial charge on any atom is -0.478 e. The number of benzene rings is 1. The van der Waals surface area contributed by atoms with Crippen molar-refractivity contribution in [2.45, 2.75) is 13.8 Å². The minimum atomic E-state index is -0.954. The number of nitrogens with two attached hydrogens (primary N) is 1. The molecule has 0 atom stereocenters. The van der Waals surface area contributed by atoms with Crippen molar-refractivity contribution in [3.63, 3.8) is 0 Å². The molecule has 0 aliphatic carbocycles. The second-order valence-corrected chi connectivity index (χ2v) is 4.39. The normalized spacial score (nSPS) is 10.2. The van der Waals surface area contributed by atoms with E-state index in [0.717, 1.165) is 16.8 Å². The number of hydrogen-bond acceptors (Lipinski definition) is 4. The Morgan fingerprint density at radius 1 is 1.26 bits per heavy atom. The summed E-state index contributed by atoms with van der Waals surface area (Å²) in [5.74, 6) is -0.318. The van der Waals surface area contributed by atoms with Crippen molar-refractivity contribution < 1.29 is 9.90 Å². The van der Waals surface area contributed by atoms with Gasteiger partial charge in [-0.1, -0.05) is 6.07 Å². The number of aromatic carboxylic acids is 1. The maximum Gasteiger partial charge on any atom is 0.335 e. The number of hydrogen-bond donors (Lipinski definition) is 3. The van der Waals surface area contributed by atoms with E-state index in [-0.39, 0.29) is 5.56 Å². The van der Waals surface area contributed by atoms with Gasteiger partial charge in [-0.2, -0.15) is 0 Å². The van der Waals surface area contributed by atoms with Crippen LogP contribution in [-0.2, 0) is 0 Å². The van der Waals surface area contributed by atoms with Gasteiger partial charge in [0, 0.05) is 5.69 Å². The zero-order valence-electron chi connectivity index (χ0n) is 10.8. The van der Waals surface area contributed by atoms with Crippen molar-refractivity contribution in [1.82, 2.24) is 4.98 Å². The summed E-state index contributed by atoms with van der Waals surface area (Å²) in [6.07, 6.45) is 1.58. The molecule has 2 aromatic rings. The number of rotatable bonds is 3. The van der Waals surface area contributed by atoms with E-state index in [1.165, 1.54) is 0 Å². The summed E-state index contributed by atoms with van der Waals surface area (Å²) >= 11 is 0. The van der Waals surface area contributed by atoms with Crippen LogP contribution in [0.5, 0.6) is 0 Å². The Labute approximate surface area is 111 Å². The van der Waals surface area contributed by atoms with E-state index >= 15 is 0 Å². The van der Waals surface area contributed by atoms with Gasteiger partial charge >= 0.3 is 5.97 Å². The van der Waals surface area contributed by atoms with E-state index in [1.807, 2.05) is 19.9 Å². The molecule has 0 saturated carbocycles. The van der Waals surface area contributed by atoms with Gasteiger partial charge in [0.25, 0.3) is 0 Å². The lowest BCUT2D eigenvalue weighted by Crippen LogP contribution is -2.01. The standard InChI is InChI=1S/C14H15N3O2/c1-8-3-4-10(14(18)19)6-12(8)17-13-5-9(2)11(15)7-16-13/h3-7H,15H2,1-2H3,(H,16,17)(H,18,19). The molecular weight excluding hydrogens is 242 g/mol. The quantitative estimate of drug-likeness (QED) is 0.786. The molecule has 0 radical (unpaired) electrons. The van der Waals surface area contributed by atoms with Crippen LogP contribution in [0.3, 0.4) is 0 Å². The minimum absolute atomic E-state index is 0.236. The van der Waals surface area contributed by atoms with Gasteiger partial charge in [-0.25, -0.2) is 9.78 Å². The van der Waals surface area contributed by atoms with Crippen LogP contribution in [0.15, 0.2) is 30.5 Å². The fourth-order valence-electron chi connectivity index (χ4n) is 1.66. The van der Waals surface area contributed by atoms with Crippen LogP contribution in [0.25, 0.3) is 0 Å². The van der Waals surface area contributed by atoms with Gasteiger partial charge in [0.2, 0.25) is 0 Å².